The first-order chi connectivity index (χ1) is 15.0. The van der Waals surface area contributed by atoms with Crippen LogP contribution in [0.5, 0.6) is 0 Å². The smallest absolute Gasteiger partial charge is 0.243 e. The van der Waals surface area contributed by atoms with Gasteiger partial charge in [-0.05, 0) is 23.7 Å². The van der Waals surface area contributed by atoms with Gasteiger partial charge >= 0.3 is 0 Å². The number of carbonyl (C=O) groups is 1. The van der Waals surface area contributed by atoms with Gasteiger partial charge in [-0.15, -0.1) is 6.58 Å². The van der Waals surface area contributed by atoms with E-state index in [1.165, 1.54) is 0 Å². The molecule has 3 aliphatic rings. The summed E-state index contributed by atoms with van der Waals surface area (Å²) in [5.41, 5.74) is 5.03. The van der Waals surface area contributed by atoms with Crippen LogP contribution in [0.4, 0.5) is 5.69 Å². The highest BCUT2D eigenvalue weighted by atomic mass is 16.2. The zero-order valence-electron chi connectivity index (χ0n) is 17.3. The van der Waals surface area contributed by atoms with E-state index in [9.17, 15) is 20.6 Å². The lowest BCUT2D eigenvalue weighted by Gasteiger charge is -2.49. The van der Waals surface area contributed by atoms with Gasteiger partial charge in [0.05, 0.1) is 29.5 Å². The van der Waals surface area contributed by atoms with Crippen molar-refractivity contribution in [1.29, 1.82) is 15.8 Å². The molecule has 154 valence electrons. The Hall–Kier alpha value is -3.86. The van der Waals surface area contributed by atoms with Crippen molar-refractivity contribution in [3.05, 3.63) is 65.4 Å². The third kappa shape index (κ3) is 2.31. The van der Waals surface area contributed by atoms with E-state index in [2.05, 4.69) is 29.7 Å². The van der Waals surface area contributed by atoms with Gasteiger partial charge in [-0.25, -0.2) is 0 Å². The summed E-state index contributed by atoms with van der Waals surface area (Å²) in [5.74, 6) is -0.836. The van der Waals surface area contributed by atoms with Crippen LogP contribution in [0.3, 0.4) is 0 Å². The lowest BCUT2D eigenvalue weighted by molar-refractivity contribution is -0.123. The molecule has 1 aliphatic carbocycles. The fraction of sp³-hybridized carbons (Fsp3) is 0.333. The fourth-order valence-electron chi connectivity index (χ4n) is 5.36. The standard InChI is InChI=1S/C24H22N6O/c1-3-10-30-20-8-6-5-7-17(20)24(22(30)31)18(12-25)21(28)23(14-26,15-27)16-9-11-29(4-2)13-19(16)24/h3,5-9,19H,1,4,10-11,13,28H2,2H3/t19-,24-/m0/s1. The fourth-order valence-corrected chi connectivity index (χ4v) is 5.36. The zero-order chi connectivity index (χ0) is 22.4. The number of para-hydroxylation sites is 1. The molecule has 1 aromatic carbocycles. The average Bonchev–Trinajstić information content (AvgIpc) is 3.04. The van der Waals surface area contributed by atoms with Gasteiger partial charge in [0.2, 0.25) is 11.3 Å². The summed E-state index contributed by atoms with van der Waals surface area (Å²) in [6.45, 7) is 7.78. The van der Waals surface area contributed by atoms with E-state index in [4.69, 9.17) is 5.73 Å². The van der Waals surface area contributed by atoms with Crippen molar-refractivity contribution < 1.29 is 4.79 Å². The van der Waals surface area contributed by atoms with E-state index < -0.39 is 16.7 Å². The van der Waals surface area contributed by atoms with Crippen molar-refractivity contribution in [1.82, 2.24) is 4.90 Å². The van der Waals surface area contributed by atoms with Crippen LogP contribution >= 0.6 is 0 Å². The van der Waals surface area contributed by atoms with E-state index in [0.717, 1.165) is 6.54 Å². The Kier molecular flexibility index (Phi) is 4.69. The molecule has 2 aliphatic heterocycles. The zero-order valence-corrected chi connectivity index (χ0v) is 17.3. The molecular weight excluding hydrogens is 388 g/mol. The van der Waals surface area contributed by atoms with Crippen molar-refractivity contribution in [2.24, 2.45) is 17.1 Å². The Morgan fingerprint density at radius 2 is 2.00 bits per heavy atom. The molecule has 4 rings (SSSR count). The van der Waals surface area contributed by atoms with E-state index in [-0.39, 0.29) is 23.7 Å². The minimum atomic E-state index is -1.76. The van der Waals surface area contributed by atoms with Crippen LogP contribution in [-0.2, 0) is 10.2 Å². The number of anilines is 1. The second-order valence-corrected chi connectivity index (χ2v) is 7.97. The highest BCUT2D eigenvalue weighted by Crippen LogP contribution is 2.60. The van der Waals surface area contributed by atoms with E-state index in [1.54, 1.807) is 11.0 Å². The van der Waals surface area contributed by atoms with E-state index >= 15 is 0 Å². The van der Waals surface area contributed by atoms with E-state index in [1.807, 2.05) is 37.3 Å². The van der Waals surface area contributed by atoms with Crippen molar-refractivity contribution in [3.8, 4) is 18.2 Å². The highest BCUT2D eigenvalue weighted by molar-refractivity contribution is 6.12. The number of carbonyl (C=O) groups excluding carboxylic acids is 1. The lowest BCUT2D eigenvalue weighted by Crippen LogP contribution is -2.58. The SMILES string of the molecule is C=CCN1C(=O)[C@]2(C(C#N)=C(N)C(C#N)(C#N)C3=CCN(CC)C[C@@H]32)c2ccccc21. The van der Waals surface area contributed by atoms with Gasteiger partial charge in [-0.2, -0.15) is 15.8 Å². The number of fused-ring (bicyclic) bond motifs is 4. The van der Waals surface area contributed by atoms with Gasteiger partial charge < -0.3 is 10.6 Å². The number of likely N-dealkylation sites (N-methyl/N-ethyl adjacent to an activating group) is 1. The Morgan fingerprint density at radius 3 is 2.61 bits per heavy atom. The number of nitriles is 3. The molecule has 0 radical (unpaired) electrons. The molecule has 1 aromatic rings. The molecule has 7 nitrogen and oxygen atoms in total. The summed E-state index contributed by atoms with van der Waals surface area (Å²) in [6, 6.07) is 13.6. The molecule has 7 heteroatoms. The molecular formula is C24H22N6O. The summed E-state index contributed by atoms with van der Waals surface area (Å²) < 4.78 is 0. The van der Waals surface area contributed by atoms with Crippen LogP contribution in [0.1, 0.15) is 12.5 Å². The summed E-state index contributed by atoms with van der Waals surface area (Å²) in [5, 5.41) is 30.4. The first-order valence-corrected chi connectivity index (χ1v) is 10.2. The summed E-state index contributed by atoms with van der Waals surface area (Å²) in [6.07, 6.45) is 3.49. The number of hydrogen-bond acceptors (Lipinski definition) is 6. The van der Waals surface area contributed by atoms with Crippen LogP contribution < -0.4 is 10.6 Å². The van der Waals surface area contributed by atoms with Crippen LogP contribution in [0.25, 0.3) is 0 Å². The summed E-state index contributed by atoms with van der Waals surface area (Å²) >= 11 is 0. The number of benzene rings is 1. The van der Waals surface area contributed by atoms with Gasteiger partial charge in [0.25, 0.3) is 0 Å². The molecule has 2 N–H and O–H groups in total. The molecule has 0 aromatic heterocycles. The largest absolute Gasteiger partial charge is 0.399 e. The van der Waals surface area contributed by atoms with E-state index in [0.29, 0.717) is 29.9 Å². The number of allylic oxidation sites excluding steroid dienone is 1. The number of rotatable bonds is 3. The predicted molar refractivity (Wildman–Crippen MR) is 115 cm³/mol. The first-order valence-electron chi connectivity index (χ1n) is 10.2. The molecule has 31 heavy (non-hydrogen) atoms. The van der Waals surface area contributed by atoms with Crippen LogP contribution in [0.2, 0.25) is 0 Å². The molecule has 0 saturated carbocycles. The molecule has 2 heterocycles. The molecule has 0 bridgehead atoms. The highest BCUT2D eigenvalue weighted by Gasteiger charge is 2.66. The number of nitrogens with zero attached hydrogens (tertiary/aromatic N) is 5. The van der Waals surface area contributed by atoms with Crippen LogP contribution in [-0.4, -0.2) is 37.0 Å². The molecule has 2 atom stereocenters. The molecule has 0 unspecified atom stereocenters. The first kappa shape index (κ1) is 20.4. The van der Waals surface area contributed by atoms with Gasteiger partial charge in [0.1, 0.15) is 5.41 Å². The predicted octanol–water partition coefficient (Wildman–Crippen LogP) is 2.12. The van der Waals surface area contributed by atoms with Gasteiger partial charge in [-0.1, -0.05) is 37.3 Å². The monoisotopic (exact) mass is 410 g/mol. The van der Waals surface area contributed by atoms with Crippen molar-refractivity contribution in [2.45, 2.75) is 12.3 Å². The third-order valence-corrected chi connectivity index (χ3v) is 6.82. The van der Waals surface area contributed by atoms with Crippen molar-refractivity contribution in [2.75, 3.05) is 31.1 Å². The van der Waals surface area contributed by atoms with Gasteiger partial charge in [0.15, 0.2) is 0 Å². The average molecular weight is 410 g/mol. The second kappa shape index (κ2) is 7.13. The minimum Gasteiger partial charge on any atom is -0.399 e. The summed E-state index contributed by atoms with van der Waals surface area (Å²) in [7, 11) is 0. The van der Waals surface area contributed by atoms with Gasteiger partial charge in [0, 0.05) is 31.2 Å². The quantitative estimate of drug-likeness (QED) is 0.762. The summed E-state index contributed by atoms with van der Waals surface area (Å²) in [4.78, 5) is 17.9. The molecule has 1 spiro atoms. The number of nitrogens with two attached hydrogens (primary N) is 1. The van der Waals surface area contributed by atoms with Crippen molar-refractivity contribution in [3.63, 3.8) is 0 Å². The Balaban J connectivity index is 2.15. The maximum Gasteiger partial charge on any atom is 0.243 e. The van der Waals surface area contributed by atoms with Crippen LogP contribution in [0, 0.1) is 45.3 Å². The van der Waals surface area contributed by atoms with Crippen molar-refractivity contribution >= 4 is 11.6 Å². The normalized spacial score (nSPS) is 26.4. The van der Waals surface area contributed by atoms with Gasteiger partial charge in [-0.3, -0.25) is 9.69 Å². The maximum atomic E-state index is 14.1. The topological polar surface area (TPSA) is 121 Å². The maximum absolute atomic E-state index is 14.1. The third-order valence-electron chi connectivity index (χ3n) is 6.82. The molecule has 0 fully saturated rings. The Labute approximate surface area is 181 Å². The molecule has 0 saturated heterocycles. The Bertz CT molecular complexity index is 1160. The van der Waals surface area contributed by atoms with Crippen LogP contribution in [0.15, 0.2) is 59.8 Å². The minimum absolute atomic E-state index is 0.000264. The second-order valence-electron chi connectivity index (χ2n) is 7.97. The Morgan fingerprint density at radius 1 is 1.29 bits per heavy atom. The molecule has 1 amide bonds. The lowest BCUT2D eigenvalue weighted by atomic mass is 9.52. The number of amides is 1. The number of hydrogen-bond donors (Lipinski definition) is 1.